The molecule has 1 N–H and O–H groups in total. The predicted molar refractivity (Wildman–Crippen MR) is 93.8 cm³/mol. The highest BCUT2D eigenvalue weighted by atomic mass is 79.9. The summed E-state index contributed by atoms with van der Waals surface area (Å²) in [6.45, 7) is 0.758. The molecule has 3 rings (SSSR count). The summed E-state index contributed by atoms with van der Waals surface area (Å²) in [5.41, 5.74) is 1.04. The molecular formula is C17H19BrN2OS. The summed E-state index contributed by atoms with van der Waals surface area (Å²) >= 11 is 5.20. The third-order valence-corrected chi connectivity index (χ3v) is 5.37. The van der Waals surface area contributed by atoms with Crippen molar-refractivity contribution in [1.82, 2.24) is 10.2 Å². The van der Waals surface area contributed by atoms with E-state index in [1.54, 1.807) is 11.3 Å². The molecule has 1 atom stereocenters. The highest BCUT2D eigenvalue weighted by molar-refractivity contribution is 9.11. The highest BCUT2D eigenvalue weighted by Gasteiger charge is 2.30. The topological polar surface area (TPSA) is 32.3 Å². The van der Waals surface area contributed by atoms with Crippen molar-refractivity contribution in [3.05, 3.63) is 56.7 Å². The number of nitrogens with zero attached hydrogens (tertiary/aromatic N) is 1. The van der Waals surface area contributed by atoms with Crippen LogP contribution in [0, 0.1) is 0 Å². The Morgan fingerprint density at radius 3 is 2.64 bits per heavy atom. The number of hydrogen-bond acceptors (Lipinski definition) is 3. The van der Waals surface area contributed by atoms with E-state index in [4.69, 9.17) is 0 Å². The van der Waals surface area contributed by atoms with Crippen LogP contribution in [0.4, 0.5) is 0 Å². The summed E-state index contributed by atoms with van der Waals surface area (Å²) in [5.74, 6) is 0.104. The molecule has 0 radical (unpaired) electrons. The van der Waals surface area contributed by atoms with Gasteiger partial charge in [0.05, 0.1) is 3.79 Å². The van der Waals surface area contributed by atoms with E-state index in [0.717, 1.165) is 28.7 Å². The Labute approximate surface area is 143 Å². The molecule has 1 aromatic carbocycles. The summed E-state index contributed by atoms with van der Waals surface area (Å²) in [6.07, 6.45) is 2.21. The average Bonchev–Trinajstić information content (AvgIpc) is 3.21. The molecule has 1 fully saturated rings. The van der Waals surface area contributed by atoms with Gasteiger partial charge in [0.25, 0.3) is 0 Å². The van der Waals surface area contributed by atoms with Crippen molar-refractivity contribution in [3.63, 3.8) is 0 Å². The molecule has 1 aromatic heterocycles. The molecule has 1 aliphatic rings. The van der Waals surface area contributed by atoms with Crippen LogP contribution in [0.5, 0.6) is 0 Å². The fraction of sp³-hybridized carbons (Fsp3) is 0.353. The zero-order valence-corrected chi connectivity index (χ0v) is 14.9. The Hall–Kier alpha value is -1.17. The molecule has 116 valence electrons. The Balaban J connectivity index is 1.78. The zero-order chi connectivity index (χ0) is 15.5. The SMILES string of the molecule is CN(Cc1ccc(Br)s1)[C@@H](C(=O)NC1CC1)c1ccccc1. The van der Waals surface area contributed by atoms with Crippen LogP contribution in [-0.4, -0.2) is 23.9 Å². The number of likely N-dealkylation sites (N-methyl/N-ethyl adjacent to an activating group) is 1. The summed E-state index contributed by atoms with van der Waals surface area (Å²) in [7, 11) is 2.01. The number of benzene rings is 1. The summed E-state index contributed by atoms with van der Waals surface area (Å²) in [6, 6.07) is 14.3. The van der Waals surface area contributed by atoms with E-state index < -0.39 is 0 Å². The zero-order valence-electron chi connectivity index (χ0n) is 12.5. The van der Waals surface area contributed by atoms with Crippen LogP contribution in [0.25, 0.3) is 0 Å². The number of carbonyl (C=O) groups is 1. The minimum absolute atomic E-state index is 0.104. The molecule has 22 heavy (non-hydrogen) atoms. The molecule has 1 aliphatic carbocycles. The van der Waals surface area contributed by atoms with E-state index in [9.17, 15) is 4.79 Å². The monoisotopic (exact) mass is 378 g/mol. The molecule has 1 heterocycles. The first-order chi connectivity index (χ1) is 10.6. The minimum Gasteiger partial charge on any atom is -0.352 e. The van der Waals surface area contributed by atoms with E-state index in [1.165, 1.54) is 4.88 Å². The van der Waals surface area contributed by atoms with Gasteiger partial charge in [-0.25, -0.2) is 0 Å². The first-order valence-corrected chi connectivity index (χ1v) is 9.04. The fourth-order valence-electron chi connectivity index (χ4n) is 2.52. The second-order valence-corrected chi connectivity index (χ2v) is 8.26. The van der Waals surface area contributed by atoms with Crippen LogP contribution in [0.1, 0.15) is 29.3 Å². The molecule has 5 heteroatoms. The second kappa shape index (κ2) is 6.94. The molecule has 1 saturated carbocycles. The third kappa shape index (κ3) is 3.97. The van der Waals surface area contributed by atoms with E-state index in [-0.39, 0.29) is 11.9 Å². The lowest BCUT2D eigenvalue weighted by Gasteiger charge is -2.27. The number of halogens is 1. The molecule has 1 amide bonds. The van der Waals surface area contributed by atoms with Crippen LogP contribution < -0.4 is 5.32 Å². The first-order valence-electron chi connectivity index (χ1n) is 7.43. The van der Waals surface area contributed by atoms with Gasteiger partial charge in [0, 0.05) is 17.5 Å². The lowest BCUT2D eigenvalue weighted by atomic mass is 10.0. The normalized spacial score (nSPS) is 15.8. The van der Waals surface area contributed by atoms with Crippen LogP contribution in [0.3, 0.4) is 0 Å². The van der Waals surface area contributed by atoms with Gasteiger partial charge in [0.1, 0.15) is 6.04 Å². The second-order valence-electron chi connectivity index (χ2n) is 5.72. The standard InChI is InChI=1S/C17H19BrN2OS/c1-20(11-14-9-10-15(18)22-14)16(12-5-3-2-4-6-12)17(21)19-13-7-8-13/h2-6,9-10,13,16H,7-8,11H2,1H3,(H,19,21)/t16-/m1/s1. The van der Waals surface area contributed by atoms with Gasteiger partial charge in [-0.05, 0) is 53.5 Å². The maximum atomic E-state index is 12.7. The molecule has 0 saturated heterocycles. The van der Waals surface area contributed by atoms with Crippen molar-refractivity contribution in [2.45, 2.75) is 31.5 Å². The molecule has 0 bridgehead atoms. The van der Waals surface area contributed by atoms with Crippen molar-refractivity contribution in [2.24, 2.45) is 0 Å². The van der Waals surface area contributed by atoms with Gasteiger partial charge in [0.15, 0.2) is 0 Å². The van der Waals surface area contributed by atoms with Crippen LogP contribution in [0.2, 0.25) is 0 Å². The van der Waals surface area contributed by atoms with Gasteiger partial charge in [0.2, 0.25) is 5.91 Å². The van der Waals surface area contributed by atoms with Gasteiger partial charge in [-0.1, -0.05) is 30.3 Å². The van der Waals surface area contributed by atoms with Crippen LogP contribution >= 0.6 is 27.3 Å². The molecule has 0 spiro atoms. The quantitative estimate of drug-likeness (QED) is 0.824. The number of thiophene rings is 1. The van der Waals surface area contributed by atoms with Crippen molar-refractivity contribution in [1.29, 1.82) is 0 Å². The Kier molecular flexibility index (Phi) is 4.96. The molecule has 0 aliphatic heterocycles. The molecule has 0 unspecified atom stereocenters. The summed E-state index contributed by atoms with van der Waals surface area (Å²) in [4.78, 5) is 16.0. The minimum atomic E-state index is -0.248. The molecule has 2 aromatic rings. The number of nitrogens with one attached hydrogen (secondary N) is 1. The largest absolute Gasteiger partial charge is 0.352 e. The maximum absolute atomic E-state index is 12.7. The van der Waals surface area contributed by atoms with E-state index >= 15 is 0 Å². The smallest absolute Gasteiger partial charge is 0.242 e. The average molecular weight is 379 g/mol. The van der Waals surface area contributed by atoms with Crippen molar-refractivity contribution >= 4 is 33.2 Å². The predicted octanol–water partition coefficient (Wildman–Crippen LogP) is 3.96. The van der Waals surface area contributed by atoms with E-state index in [0.29, 0.717) is 6.04 Å². The van der Waals surface area contributed by atoms with Crippen molar-refractivity contribution < 1.29 is 4.79 Å². The van der Waals surface area contributed by atoms with Gasteiger partial charge >= 0.3 is 0 Å². The maximum Gasteiger partial charge on any atom is 0.242 e. The Morgan fingerprint density at radius 1 is 1.32 bits per heavy atom. The van der Waals surface area contributed by atoms with Gasteiger partial charge in [-0.15, -0.1) is 11.3 Å². The highest BCUT2D eigenvalue weighted by Crippen LogP contribution is 2.28. The summed E-state index contributed by atoms with van der Waals surface area (Å²) in [5, 5.41) is 3.14. The van der Waals surface area contributed by atoms with E-state index in [2.05, 4.69) is 38.3 Å². The van der Waals surface area contributed by atoms with Crippen LogP contribution in [0.15, 0.2) is 46.3 Å². The van der Waals surface area contributed by atoms with E-state index in [1.807, 2.05) is 37.4 Å². The van der Waals surface area contributed by atoms with Crippen molar-refractivity contribution in [3.8, 4) is 0 Å². The van der Waals surface area contributed by atoms with Crippen molar-refractivity contribution in [2.75, 3.05) is 7.05 Å². The third-order valence-electron chi connectivity index (χ3n) is 3.76. The lowest BCUT2D eigenvalue weighted by molar-refractivity contribution is -0.126. The number of rotatable bonds is 6. The molecule has 3 nitrogen and oxygen atoms in total. The van der Waals surface area contributed by atoms with Gasteiger partial charge in [-0.2, -0.15) is 0 Å². The lowest BCUT2D eigenvalue weighted by Crippen LogP contribution is -2.39. The Bertz CT molecular complexity index is 639. The first kappa shape index (κ1) is 15.7. The number of carbonyl (C=O) groups excluding carboxylic acids is 1. The number of hydrogen-bond donors (Lipinski definition) is 1. The van der Waals surface area contributed by atoms with Gasteiger partial charge < -0.3 is 5.32 Å². The Morgan fingerprint density at radius 2 is 2.05 bits per heavy atom. The van der Waals surface area contributed by atoms with Crippen LogP contribution in [-0.2, 0) is 11.3 Å². The molecular weight excluding hydrogens is 360 g/mol. The summed E-state index contributed by atoms with van der Waals surface area (Å²) < 4.78 is 1.12. The van der Waals surface area contributed by atoms with Gasteiger partial charge in [-0.3, -0.25) is 9.69 Å². The fourth-order valence-corrected chi connectivity index (χ4v) is 4.07. The number of amides is 1.